The Bertz CT molecular complexity index is 511. The summed E-state index contributed by atoms with van der Waals surface area (Å²) >= 11 is 0. The van der Waals surface area contributed by atoms with Crippen LogP contribution >= 0.6 is 0 Å². The monoisotopic (exact) mass is 230 g/mol. The molecule has 0 saturated heterocycles. The van der Waals surface area contributed by atoms with Crippen LogP contribution in [0.15, 0.2) is 18.2 Å². The van der Waals surface area contributed by atoms with Crippen LogP contribution in [0, 0.1) is 0 Å². The van der Waals surface area contributed by atoms with Crippen LogP contribution in [0.1, 0.15) is 50.9 Å². The van der Waals surface area contributed by atoms with Gasteiger partial charge in [0.25, 0.3) is 0 Å². The van der Waals surface area contributed by atoms with E-state index in [4.69, 9.17) is 4.98 Å². The molecule has 0 saturated carbocycles. The van der Waals surface area contributed by atoms with Gasteiger partial charge < -0.3 is 4.57 Å². The maximum atomic E-state index is 4.79. The first-order chi connectivity index (χ1) is 8.17. The van der Waals surface area contributed by atoms with Crippen LogP contribution in [0.25, 0.3) is 11.0 Å². The number of nitrogens with zero attached hydrogens (tertiary/aromatic N) is 2. The lowest BCUT2D eigenvalue weighted by Gasteiger charge is -2.07. The molecule has 92 valence electrons. The van der Waals surface area contributed by atoms with Crippen molar-refractivity contribution in [1.29, 1.82) is 0 Å². The average molecular weight is 230 g/mol. The summed E-state index contributed by atoms with van der Waals surface area (Å²) in [7, 11) is 2.12. The van der Waals surface area contributed by atoms with E-state index in [0.29, 0.717) is 5.92 Å². The van der Waals surface area contributed by atoms with E-state index in [9.17, 15) is 0 Å². The quantitative estimate of drug-likeness (QED) is 0.775. The summed E-state index contributed by atoms with van der Waals surface area (Å²) < 4.78 is 2.24. The van der Waals surface area contributed by atoms with Gasteiger partial charge in [-0.25, -0.2) is 4.98 Å². The molecule has 0 aliphatic rings. The summed E-state index contributed by atoms with van der Waals surface area (Å²) in [4.78, 5) is 4.79. The number of hydrogen-bond donors (Lipinski definition) is 0. The molecule has 1 unspecified atom stereocenters. The third-order valence-corrected chi connectivity index (χ3v) is 3.57. The average Bonchev–Trinajstić information content (AvgIpc) is 2.66. The molecule has 17 heavy (non-hydrogen) atoms. The van der Waals surface area contributed by atoms with Gasteiger partial charge in [0.2, 0.25) is 0 Å². The summed E-state index contributed by atoms with van der Waals surface area (Å²) in [6, 6.07) is 6.68. The van der Waals surface area contributed by atoms with Gasteiger partial charge in [-0.15, -0.1) is 0 Å². The molecule has 1 aromatic heterocycles. The predicted molar refractivity (Wildman–Crippen MR) is 73.4 cm³/mol. The SMILES string of the molecule is CCCc1ccc2c(c1)nc(C(C)CC)n2C. The number of benzene rings is 1. The number of hydrogen-bond acceptors (Lipinski definition) is 1. The molecule has 2 aromatic rings. The molecule has 0 aliphatic heterocycles. The molecule has 0 bridgehead atoms. The van der Waals surface area contributed by atoms with Crippen molar-refractivity contribution in [3.05, 3.63) is 29.6 Å². The second kappa shape index (κ2) is 4.91. The first-order valence-corrected chi connectivity index (χ1v) is 6.62. The van der Waals surface area contributed by atoms with Crippen molar-refractivity contribution >= 4 is 11.0 Å². The molecule has 1 aromatic carbocycles. The van der Waals surface area contributed by atoms with Crippen molar-refractivity contribution in [2.45, 2.75) is 46.0 Å². The third-order valence-electron chi connectivity index (χ3n) is 3.57. The Morgan fingerprint density at radius 3 is 2.71 bits per heavy atom. The van der Waals surface area contributed by atoms with Crippen LogP contribution in [0.5, 0.6) is 0 Å². The Balaban J connectivity index is 2.49. The van der Waals surface area contributed by atoms with E-state index in [1.54, 1.807) is 0 Å². The largest absolute Gasteiger partial charge is 0.331 e. The molecule has 0 amide bonds. The van der Waals surface area contributed by atoms with E-state index in [0.717, 1.165) is 18.4 Å². The smallest absolute Gasteiger partial charge is 0.112 e. The molecule has 0 fully saturated rings. The van der Waals surface area contributed by atoms with Crippen LogP contribution < -0.4 is 0 Å². The lowest BCUT2D eigenvalue weighted by Crippen LogP contribution is -2.01. The molecular weight excluding hydrogens is 208 g/mol. The highest BCUT2D eigenvalue weighted by molar-refractivity contribution is 5.77. The molecule has 0 radical (unpaired) electrons. The molecule has 1 heterocycles. The highest BCUT2D eigenvalue weighted by Crippen LogP contribution is 2.23. The van der Waals surface area contributed by atoms with E-state index < -0.39 is 0 Å². The van der Waals surface area contributed by atoms with Crippen molar-refractivity contribution < 1.29 is 0 Å². The van der Waals surface area contributed by atoms with Crippen molar-refractivity contribution in [3.8, 4) is 0 Å². The van der Waals surface area contributed by atoms with Crippen LogP contribution in [-0.4, -0.2) is 9.55 Å². The van der Waals surface area contributed by atoms with Crippen LogP contribution in [-0.2, 0) is 13.5 Å². The van der Waals surface area contributed by atoms with Gasteiger partial charge in [-0.05, 0) is 30.5 Å². The molecule has 0 N–H and O–H groups in total. The Morgan fingerprint density at radius 1 is 1.29 bits per heavy atom. The van der Waals surface area contributed by atoms with Gasteiger partial charge >= 0.3 is 0 Å². The van der Waals surface area contributed by atoms with E-state index in [1.807, 2.05) is 0 Å². The molecule has 2 heteroatoms. The Labute approximate surface area is 104 Å². The highest BCUT2D eigenvalue weighted by Gasteiger charge is 2.12. The van der Waals surface area contributed by atoms with Gasteiger partial charge in [0.1, 0.15) is 5.82 Å². The number of aryl methyl sites for hydroxylation is 2. The first kappa shape index (κ1) is 12.2. The van der Waals surface area contributed by atoms with E-state index in [2.05, 4.69) is 50.6 Å². The van der Waals surface area contributed by atoms with Gasteiger partial charge in [0.05, 0.1) is 11.0 Å². The standard InChI is InChI=1S/C15H22N2/c1-5-7-12-8-9-14-13(10-12)16-15(17(14)4)11(3)6-2/h8-11H,5-7H2,1-4H3. The minimum atomic E-state index is 0.530. The van der Waals surface area contributed by atoms with Gasteiger partial charge in [0.15, 0.2) is 0 Å². The zero-order chi connectivity index (χ0) is 12.4. The number of rotatable bonds is 4. The lowest BCUT2D eigenvalue weighted by atomic mass is 10.1. The Kier molecular flexibility index (Phi) is 3.51. The van der Waals surface area contributed by atoms with E-state index in [-0.39, 0.29) is 0 Å². The zero-order valence-electron chi connectivity index (χ0n) is 11.3. The number of imidazole rings is 1. The normalized spacial score (nSPS) is 13.2. The van der Waals surface area contributed by atoms with Crippen LogP contribution in [0.4, 0.5) is 0 Å². The minimum absolute atomic E-state index is 0.530. The summed E-state index contributed by atoms with van der Waals surface area (Å²) in [6.45, 7) is 6.67. The lowest BCUT2D eigenvalue weighted by molar-refractivity contribution is 0.649. The summed E-state index contributed by atoms with van der Waals surface area (Å²) in [5, 5.41) is 0. The van der Waals surface area contributed by atoms with Gasteiger partial charge in [-0.2, -0.15) is 0 Å². The minimum Gasteiger partial charge on any atom is -0.331 e. The summed E-state index contributed by atoms with van der Waals surface area (Å²) in [5.41, 5.74) is 3.79. The van der Waals surface area contributed by atoms with Gasteiger partial charge in [-0.3, -0.25) is 0 Å². The topological polar surface area (TPSA) is 17.8 Å². The first-order valence-electron chi connectivity index (χ1n) is 6.62. The molecule has 2 rings (SSSR count). The molecule has 0 aliphatic carbocycles. The third kappa shape index (κ3) is 2.21. The fourth-order valence-corrected chi connectivity index (χ4v) is 2.33. The molecule has 2 nitrogen and oxygen atoms in total. The molecule has 1 atom stereocenters. The molecular formula is C15H22N2. The fourth-order valence-electron chi connectivity index (χ4n) is 2.33. The van der Waals surface area contributed by atoms with E-state index in [1.165, 1.54) is 23.3 Å². The van der Waals surface area contributed by atoms with Gasteiger partial charge in [0, 0.05) is 13.0 Å². The second-order valence-corrected chi connectivity index (χ2v) is 4.91. The van der Waals surface area contributed by atoms with Crippen molar-refractivity contribution in [3.63, 3.8) is 0 Å². The predicted octanol–water partition coefficient (Wildman–Crippen LogP) is 4.04. The van der Waals surface area contributed by atoms with E-state index >= 15 is 0 Å². The fraction of sp³-hybridized carbons (Fsp3) is 0.533. The number of fused-ring (bicyclic) bond motifs is 1. The Hall–Kier alpha value is -1.31. The zero-order valence-corrected chi connectivity index (χ0v) is 11.3. The van der Waals surface area contributed by atoms with Crippen LogP contribution in [0.3, 0.4) is 0 Å². The summed E-state index contributed by atoms with van der Waals surface area (Å²) in [5.74, 6) is 1.73. The van der Waals surface area contributed by atoms with Crippen molar-refractivity contribution in [2.24, 2.45) is 7.05 Å². The maximum absolute atomic E-state index is 4.79. The number of aromatic nitrogens is 2. The maximum Gasteiger partial charge on any atom is 0.112 e. The highest BCUT2D eigenvalue weighted by atomic mass is 15.1. The van der Waals surface area contributed by atoms with Crippen molar-refractivity contribution in [1.82, 2.24) is 9.55 Å². The molecule has 0 spiro atoms. The van der Waals surface area contributed by atoms with Crippen molar-refractivity contribution in [2.75, 3.05) is 0 Å². The van der Waals surface area contributed by atoms with Gasteiger partial charge in [-0.1, -0.05) is 33.3 Å². The Morgan fingerprint density at radius 2 is 2.06 bits per heavy atom. The summed E-state index contributed by atoms with van der Waals surface area (Å²) in [6.07, 6.45) is 3.47. The second-order valence-electron chi connectivity index (χ2n) is 4.91. The van der Waals surface area contributed by atoms with Crippen LogP contribution in [0.2, 0.25) is 0 Å².